The van der Waals surface area contributed by atoms with Gasteiger partial charge in [0.05, 0.1) is 12.0 Å². The van der Waals surface area contributed by atoms with Crippen LogP contribution in [0.2, 0.25) is 0 Å². The van der Waals surface area contributed by atoms with E-state index in [1.165, 1.54) is 6.07 Å². The van der Waals surface area contributed by atoms with Crippen molar-refractivity contribution in [1.82, 2.24) is 0 Å². The molecule has 0 aromatic heterocycles. The molecule has 0 spiro atoms. The summed E-state index contributed by atoms with van der Waals surface area (Å²) < 4.78 is 25.2. The molecule has 0 amide bonds. The highest BCUT2D eigenvalue weighted by Gasteiger charge is 2.04. The number of hydrogen-bond donors (Lipinski definition) is 2. The number of rotatable bonds is 4. The van der Waals surface area contributed by atoms with E-state index in [4.69, 9.17) is 16.7 Å². The quantitative estimate of drug-likeness (QED) is 0.817. The number of benzene rings is 1. The number of aliphatic hydroxyl groups is 1. The Morgan fingerprint density at radius 2 is 1.72 bits per heavy atom. The molecule has 0 saturated carbocycles. The fourth-order valence-corrected chi connectivity index (χ4v) is 1.01. The zero-order valence-corrected chi connectivity index (χ0v) is 12.1. The van der Waals surface area contributed by atoms with Crippen LogP contribution in [0.5, 0.6) is 0 Å². The topological polar surface area (TPSA) is 32.3 Å². The maximum atomic E-state index is 12.7. The van der Waals surface area contributed by atoms with E-state index in [0.717, 1.165) is 12.1 Å². The fourth-order valence-electron chi connectivity index (χ4n) is 0.896. The van der Waals surface area contributed by atoms with E-state index in [1.54, 1.807) is 0 Å². The molecule has 0 aliphatic rings. The predicted molar refractivity (Wildman–Crippen MR) is 74.3 cm³/mol. The molecule has 1 rings (SSSR count). The molecule has 2 N–H and O–H groups in total. The van der Waals surface area contributed by atoms with Crippen LogP contribution in [0, 0.1) is 11.6 Å². The summed E-state index contributed by atoms with van der Waals surface area (Å²) in [7, 11) is 0. The number of hydrogen-bond acceptors (Lipinski definition) is 2. The van der Waals surface area contributed by atoms with Gasteiger partial charge in [-0.1, -0.05) is 27.7 Å². The first kappa shape index (κ1) is 19.5. The molecule has 0 heterocycles. The molecule has 1 atom stereocenters. The SMILES string of the molecule is CC.CC.OC(CCl)CNc1ccc(F)c(F)c1. The first-order valence-electron chi connectivity index (χ1n) is 6.06. The Kier molecular flexibility index (Phi) is 13.6. The lowest BCUT2D eigenvalue weighted by Crippen LogP contribution is -2.20. The van der Waals surface area contributed by atoms with Crippen LogP contribution in [-0.2, 0) is 0 Å². The second kappa shape index (κ2) is 12.6. The third-order valence-corrected chi connectivity index (χ3v) is 2.00. The van der Waals surface area contributed by atoms with Crippen molar-refractivity contribution in [2.75, 3.05) is 17.7 Å². The highest BCUT2D eigenvalue weighted by atomic mass is 35.5. The largest absolute Gasteiger partial charge is 0.390 e. The van der Waals surface area contributed by atoms with E-state index in [-0.39, 0.29) is 12.4 Å². The lowest BCUT2D eigenvalue weighted by atomic mass is 10.3. The molecule has 0 fully saturated rings. The summed E-state index contributed by atoms with van der Waals surface area (Å²) in [5, 5.41) is 11.8. The monoisotopic (exact) mass is 281 g/mol. The Bertz CT molecular complexity index is 311. The lowest BCUT2D eigenvalue weighted by molar-refractivity contribution is 0.211. The van der Waals surface area contributed by atoms with Crippen molar-refractivity contribution in [3.63, 3.8) is 0 Å². The smallest absolute Gasteiger partial charge is 0.160 e. The van der Waals surface area contributed by atoms with E-state index in [1.807, 2.05) is 27.7 Å². The minimum atomic E-state index is -0.921. The van der Waals surface area contributed by atoms with Crippen LogP contribution >= 0.6 is 11.6 Å². The van der Waals surface area contributed by atoms with Gasteiger partial charge in [-0.2, -0.15) is 0 Å². The van der Waals surface area contributed by atoms with Crippen LogP contribution in [0.3, 0.4) is 0 Å². The molecule has 106 valence electrons. The van der Waals surface area contributed by atoms with E-state index < -0.39 is 17.7 Å². The molecule has 18 heavy (non-hydrogen) atoms. The van der Waals surface area contributed by atoms with Crippen LogP contribution in [0.25, 0.3) is 0 Å². The zero-order chi connectivity index (χ0) is 14.6. The molecule has 0 bridgehead atoms. The second-order valence-corrected chi connectivity index (χ2v) is 3.13. The van der Waals surface area contributed by atoms with Gasteiger partial charge in [0.2, 0.25) is 0 Å². The van der Waals surface area contributed by atoms with Crippen molar-refractivity contribution in [1.29, 1.82) is 0 Å². The summed E-state index contributed by atoms with van der Waals surface area (Å²) >= 11 is 5.35. The van der Waals surface area contributed by atoms with E-state index in [2.05, 4.69) is 5.32 Å². The van der Waals surface area contributed by atoms with Crippen LogP contribution in [0.15, 0.2) is 18.2 Å². The second-order valence-electron chi connectivity index (χ2n) is 2.82. The van der Waals surface area contributed by atoms with Gasteiger partial charge in [-0.05, 0) is 12.1 Å². The van der Waals surface area contributed by atoms with E-state index >= 15 is 0 Å². The van der Waals surface area contributed by atoms with Gasteiger partial charge in [-0.25, -0.2) is 8.78 Å². The van der Waals surface area contributed by atoms with Gasteiger partial charge in [0.1, 0.15) is 0 Å². The van der Waals surface area contributed by atoms with E-state index in [9.17, 15) is 8.78 Å². The molecule has 1 aromatic carbocycles. The molecule has 1 aromatic rings. The molecule has 5 heteroatoms. The molecule has 0 aliphatic carbocycles. The molecule has 0 saturated heterocycles. The first-order chi connectivity index (χ1) is 8.63. The summed E-state index contributed by atoms with van der Waals surface area (Å²) in [4.78, 5) is 0. The number of anilines is 1. The summed E-state index contributed by atoms with van der Waals surface area (Å²) in [6.45, 7) is 8.20. The highest BCUT2D eigenvalue weighted by Crippen LogP contribution is 2.12. The third kappa shape index (κ3) is 8.25. The minimum Gasteiger partial charge on any atom is -0.390 e. The van der Waals surface area contributed by atoms with Crippen LogP contribution in [-0.4, -0.2) is 23.6 Å². The number of nitrogens with one attached hydrogen (secondary N) is 1. The Morgan fingerprint density at radius 3 is 2.17 bits per heavy atom. The van der Waals surface area contributed by atoms with Crippen molar-refractivity contribution in [3.8, 4) is 0 Å². The van der Waals surface area contributed by atoms with Crippen LogP contribution in [0.1, 0.15) is 27.7 Å². The number of aliphatic hydroxyl groups excluding tert-OH is 1. The Hall–Kier alpha value is -0.870. The predicted octanol–water partition coefficient (Wildman–Crippen LogP) is 4.03. The minimum absolute atomic E-state index is 0.0939. The fraction of sp³-hybridized carbons (Fsp3) is 0.538. The molecule has 0 radical (unpaired) electrons. The summed E-state index contributed by atoms with van der Waals surface area (Å²) in [6, 6.07) is 3.43. The van der Waals surface area contributed by atoms with Crippen LogP contribution < -0.4 is 5.32 Å². The summed E-state index contributed by atoms with van der Waals surface area (Å²) in [6.07, 6.45) is -0.704. The molecular formula is C13H22ClF2NO. The molecule has 1 unspecified atom stereocenters. The average Bonchev–Trinajstić information content (AvgIpc) is 2.44. The van der Waals surface area contributed by atoms with Crippen LogP contribution in [0.4, 0.5) is 14.5 Å². The summed E-state index contributed by atoms with van der Waals surface area (Å²) in [5.41, 5.74) is 0.410. The number of halogens is 3. The van der Waals surface area contributed by atoms with Gasteiger partial charge in [-0.15, -0.1) is 11.6 Å². The van der Waals surface area contributed by atoms with Crippen molar-refractivity contribution >= 4 is 17.3 Å². The Morgan fingerprint density at radius 1 is 1.17 bits per heavy atom. The summed E-state index contributed by atoms with van der Waals surface area (Å²) in [5.74, 6) is -1.72. The maximum Gasteiger partial charge on any atom is 0.160 e. The number of alkyl halides is 1. The average molecular weight is 282 g/mol. The maximum absolute atomic E-state index is 12.7. The molecular weight excluding hydrogens is 260 g/mol. The van der Waals surface area contributed by atoms with Crippen molar-refractivity contribution < 1.29 is 13.9 Å². The van der Waals surface area contributed by atoms with Gasteiger partial charge < -0.3 is 10.4 Å². The lowest BCUT2D eigenvalue weighted by Gasteiger charge is -2.09. The van der Waals surface area contributed by atoms with E-state index in [0.29, 0.717) is 5.69 Å². The van der Waals surface area contributed by atoms with Gasteiger partial charge >= 0.3 is 0 Å². The Labute approximate surface area is 113 Å². The van der Waals surface area contributed by atoms with Gasteiger partial charge in [-0.3, -0.25) is 0 Å². The van der Waals surface area contributed by atoms with Gasteiger partial charge in [0.25, 0.3) is 0 Å². The first-order valence-corrected chi connectivity index (χ1v) is 6.60. The Balaban J connectivity index is 0. The zero-order valence-electron chi connectivity index (χ0n) is 11.3. The van der Waals surface area contributed by atoms with Gasteiger partial charge in [0, 0.05) is 18.3 Å². The van der Waals surface area contributed by atoms with Crippen molar-refractivity contribution in [2.24, 2.45) is 0 Å². The third-order valence-electron chi connectivity index (χ3n) is 1.64. The normalized spacial score (nSPS) is 10.4. The van der Waals surface area contributed by atoms with Gasteiger partial charge in [0.15, 0.2) is 11.6 Å². The molecule has 2 nitrogen and oxygen atoms in total. The molecule has 0 aliphatic heterocycles. The standard InChI is InChI=1S/C9H10ClF2NO.2C2H6/c10-4-7(14)5-13-6-1-2-8(11)9(12)3-6;2*1-2/h1-3,7,13-14H,4-5H2;2*1-2H3. The van der Waals surface area contributed by atoms with Crippen molar-refractivity contribution in [3.05, 3.63) is 29.8 Å². The van der Waals surface area contributed by atoms with Crippen molar-refractivity contribution in [2.45, 2.75) is 33.8 Å². The highest BCUT2D eigenvalue weighted by molar-refractivity contribution is 6.18.